The zero-order valence-electron chi connectivity index (χ0n) is 17.7. The lowest BCUT2D eigenvalue weighted by Crippen LogP contribution is -2.54. The molecule has 158 valence electrons. The monoisotopic (exact) mass is 421 g/mol. The number of nitrogens with zero attached hydrogens (tertiary/aromatic N) is 2. The van der Waals surface area contributed by atoms with Crippen molar-refractivity contribution in [2.75, 3.05) is 62.6 Å². The fraction of sp³-hybridized carbons (Fsp3) is 0.500. The smallest absolute Gasteiger partial charge is 0.0736 e. The number of fused-ring (bicyclic) bond motifs is 1. The van der Waals surface area contributed by atoms with E-state index in [2.05, 4.69) is 69.1 Å². The summed E-state index contributed by atoms with van der Waals surface area (Å²) in [7, 11) is 0. The van der Waals surface area contributed by atoms with Crippen molar-refractivity contribution in [3.8, 4) is 0 Å². The summed E-state index contributed by atoms with van der Waals surface area (Å²) in [5.41, 5.74) is 5.95. The molecule has 4 aliphatic rings. The van der Waals surface area contributed by atoms with Gasteiger partial charge in [-0.05, 0) is 43.2 Å². The third-order valence-corrected chi connectivity index (χ3v) is 8.31. The molecule has 1 unspecified atom stereocenters. The van der Waals surface area contributed by atoms with E-state index in [4.69, 9.17) is 0 Å². The molecule has 0 saturated carbocycles. The number of hydrogen-bond donors (Lipinski definition) is 3. The van der Waals surface area contributed by atoms with Crippen LogP contribution >= 0.6 is 11.3 Å². The molecule has 6 rings (SSSR count). The lowest BCUT2D eigenvalue weighted by molar-refractivity contribution is 0.183. The van der Waals surface area contributed by atoms with Gasteiger partial charge in [-0.2, -0.15) is 0 Å². The van der Waals surface area contributed by atoms with Gasteiger partial charge >= 0.3 is 0 Å². The quantitative estimate of drug-likeness (QED) is 0.710. The number of likely N-dealkylation sites (tertiary alicyclic amines) is 1. The van der Waals surface area contributed by atoms with Crippen LogP contribution in [0.3, 0.4) is 0 Å². The van der Waals surface area contributed by atoms with Crippen LogP contribution in [0, 0.1) is 12.3 Å². The first-order valence-corrected chi connectivity index (χ1v) is 12.1. The van der Waals surface area contributed by atoms with E-state index in [1.54, 1.807) is 0 Å². The summed E-state index contributed by atoms with van der Waals surface area (Å²) < 4.78 is 0. The number of hydrogen-bond acceptors (Lipinski definition) is 6. The minimum absolute atomic E-state index is 0.231. The van der Waals surface area contributed by atoms with Gasteiger partial charge in [0.05, 0.1) is 22.3 Å². The van der Waals surface area contributed by atoms with Gasteiger partial charge in [0, 0.05) is 68.3 Å². The molecule has 1 aromatic heterocycles. The number of aryl methyl sites for hydroxylation is 1. The maximum Gasteiger partial charge on any atom is 0.0736 e. The van der Waals surface area contributed by atoms with Crippen LogP contribution in [0.5, 0.6) is 0 Å². The van der Waals surface area contributed by atoms with Gasteiger partial charge in [0.2, 0.25) is 0 Å². The van der Waals surface area contributed by atoms with Gasteiger partial charge in [0.1, 0.15) is 0 Å². The molecule has 5 heterocycles. The van der Waals surface area contributed by atoms with Crippen LogP contribution in [0.25, 0.3) is 5.70 Å². The molecule has 1 atom stereocenters. The van der Waals surface area contributed by atoms with Crippen molar-refractivity contribution in [3.63, 3.8) is 0 Å². The maximum atomic E-state index is 3.81. The first-order chi connectivity index (χ1) is 14.7. The Kier molecular flexibility index (Phi) is 4.55. The third-order valence-electron chi connectivity index (χ3n) is 7.24. The number of benzene rings is 1. The van der Waals surface area contributed by atoms with Crippen molar-refractivity contribution in [1.29, 1.82) is 0 Å². The van der Waals surface area contributed by atoms with Gasteiger partial charge in [0.15, 0.2) is 0 Å². The Morgan fingerprint density at radius 3 is 2.50 bits per heavy atom. The van der Waals surface area contributed by atoms with Crippen LogP contribution < -0.4 is 20.9 Å². The Morgan fingerprint density at radius 2 is 1.80 bits per heavy atom. The summed E-state index contributed by atoms with van der Waals surface area (Å²) in [6.07, 6.45) is 3.79. The van der Waals surface area contributed by atoms with E-state index in [0.29, 0.717) is 5.41 Å². The molecular formula is C24H31N5S. The lowest BCUT2D eigenvalue weighted by atomic mass is 9.81. The second kappa shape index (κ2) is 7.29. The minimum atomic E-state index is 0.231. The second-order valence-corrected chi connectivity index (χ2v) is 10.6. The van der Waals surface area contributed by atoms with Crippen molar-refractivity contribution in [1.82, 2.24) is 15.5 Å². The van der Waals surface area contributed by atoms with Crippen molar-refractivity contribution in [3.05, 3.63) is 51.7 Å². The predicted octanol–water partition coefficient (Wildman–Crippen LogP) is 3.27. The molecule has 2 aromatic rings. The zero-order chi connectivity index (χ0) is 20.1. The summed E-state index contributed by atoms with van der Waals surface area (Å²) in [5, 5.41) is 10.7. The highest BCUT2D eigenvalue weighted by molar-refractivity contribution is 7.13. The Morgan fingerprint density at radius 1 is 1.00 bits per heavy atom. The van der Waals surface area contributed by atoms with E-state index in [1.807, 2.05) is 11.3 Å². The number of thiophene rings is 1. The fourth-order valence-electron chi connectivity index (χ4n) is 5.41. The molecular weight excluding hydrogens is 390 g/mol. The molecule has 3 N–H and O–H groups in total. The minimum Gasteiger partial charge on any atom is -0.373 e. The maximum absolute atomic E-state index is 3.81. The number of anilines is 2. The third kappa shape index (κ3) is 3.22. The molecule has 6 heteroatoms. The predicted molar refractivity (Wildman–Crippen MR) is 126 cm³/mol. The van der Waals surface area contributed by atoms with Crippen molar-refractivity contribution in [2.24, 2.45) is 5.41 Å². The molecule has 30 heavy (non-hydrogen) atoms. The summed E-state index contributed by atoms with van der Waals surface area (Å²) in [6.45, 7) is 11.3. The van der Waals surface area contributed by atoms with Crippen LogP contribution in [0.4, 0.5) is 11.4 Å². The molecule has 5 nitrogen and oxygen atoms in total. The van der Waals surface area contributed by atoms with Gasteiger partial charge in [-0.15, -0.1) is 11.3 Å². The molecule has 1 aromatic carbocycles. The number of nitrogens with one attached hydrogen (secondary N) is 3. The van der Waals surface area contributed by atoms with Gasteiger partial charge in [-0.25, -0.2) is 0 Å². The second-order valence-electron chi connectivity index (χ2n) is 9.38. The van der Waals surface area contributed by atoms with Crippen LogP contribution in [-0.2, 0) is 0 Å². The van der Waals surface area contributed by atoms with Crippen LogP contribution in [0.1, 0.15) is 27.8 Å². The molecule has 0 radical (unpaired) electrons. The van der Waals surface area contributed by atoms with Crippen molar-refractivity contribution < 1.29 is 0 Å². The largest absolute Gasteiger partial charge is 0.373 e. The Bertz CT molecular complexity index is 952. The van der Waals surface area contributed by atoms with E-state index in [1.165, 1.54) is 65.0 Å². The van der Waals surface area contributed by atoms with Crippen LogP contribution in [-0.4, -0.2) is 57.3 Å². The van der Waals surface area contributed by atoms with Crippen LogP contribution in [0.15, 0.2) is 36.4 Å². The van der Waals surface area contributed by atoms with E-state index in [0.717, 1.165) is 26.2 Å². The first kappa shape index (κ1) is 18.7. The molecule has 0 aliphatic carbocycles. The Labute approximate surface area is 183 Å². The molecule has 3 saturated heterocycles. The van der Waals surface area contributed by atoms with E-state index >= 15 is 0 Å². The van der Waals surface area contributed by atoms with Gasteiger partial charge < -0.3 is 25.8 Å². The molecule has 0 bridgehead atoms. The lowest BCUT2D eigenvalue weighted by Gasteiger charge is -2.40. The van der Waals surface area contributed by atoms with Crippen molar-refractivity contribution in [2.45, 2.75) is 19.4 Å². The van der Waals surface area contributed by atoms with E-state index < -0.39 is 0 Å². The first-order valence-electron chi connectivity index (χ1n) is 11.3. The molecule has 1 spiro atoms. The Balaban J connectivity index is 1.28. The van der Waals surface area contributed by atoms with Gasteiger partial charge in [-0.1, -0.05) is 12.1 Å². The normalized spacial score (nSPS) is 25.0. The average Bonchev–Trinajstić information content (AvgIpc) is 3.37. The van der Waals surface area contributed by atoms with Crippen molar-refractivity contribution >= 4 is 28.4 Å². The standard InChI is InChI=1S/C24H31N5S/c1-17-12-21-23(30-17)22(29-9-6-24(16-29)14-26-15-24)13-20(27-21)18-2-4-19(5-3-18)28-10-7-25-8-11-28/h2-5,12-13,20,25-27H,6-11,14-16H2,1H3. The van der Waals surface area contributed by atoms with E-state index in [9.17, 15) is 0 Å². The number of rotatable bonds is 3. The SMILES string of the molecule is Cc1cc2c(s1)C(N1CCC3(CNC3)C1)=CC(c1ccc(N3CCNCC3)cc1)N2. The highest BCUT2D eigenvalue weighted by Gasteiger charge is 2.44. The highest BCUT2D eigenvalue weighted by Crippen LogP contribution is 2.45. The zero-order valence-corrected chi connectivity index (χ0v) is 18.5. The summed E-state index contributed by atoms with van der Waals surface area (Å²) >= 11 is 1.93. The molecule has 3 fully saturated rings. The topological polar surface area (TPSA) is 42.6 Å². The average molecular weight is 422 g/mol. The summed E-state index contributed by atoms with van der Waals surface area (Å²) in [4.78, 5) is 7.93. The van der Waals surface area contributed by atoms with E-state index in [-0.39, 0.29) is 6.04 Å². The van der Waals surface area contributed by atoms with Gasteiger partial charge in [0.25, 0.3) is 0 Å². The molecule has 0 amide bonds. The Hall–Kier alpha value is -2.02. The van der Waals surface area contributed by atoms with Crippen LogP contribution in [0.2, 0.25) is 0 Å². The fourth-order valence-corrected chi connectivity index (χ4v) is 6.43. The summed E-state index contributed by atoms with van der Waals surface area (Å²) in [5.74, 6) is 0. The highest BCUT2D eigenvalue weighted by atomic mass is 32.1. The number of piperazine rings is 1. The molecule has 4 aliphatic heterocycles. The summed E-state index contributed by atoms with van der Waals surface area (Å²) in [6, 6.07) is 11.8. The van der Waals surface area contributed by atoms with Gasteiger partial charge in [-0.3, -0.25) is 0 Å².